The Morgan fingerprint density at radius 3 is 2.53 bits per heavy atom. The molecular weight excluding hydrogens is 411 g/mol. The fraction of sp³-hybridized carbons (Fsp3) is 0.550. The van der Waals surface area contributed by atoms with Gasteiger partial charge in [-0.05, 0) is 56.4 Å². The minimum absolute atomic E-state index is 0.00166. The highest BCUT2D eigenvalue weighted by Gasteiger charge is 2.32. The molecule has 1 aromatic heterocycles. The number of hydrogen-bond acceptors (Lipinski definition) is 6. The van der Waals surface area contributed by atoms with Gasteiger partial charge in [0, 0.05) is 32.1 Å². The molecule has 0 radical (unpaired) electrons. The fourth-order valence-corrected chi connectivity index (χ4v) is 5.54. The molecule has 0 aliphatic carbocycles. The molecular formula is C20H25FN4O4S. The molecule has 0 spiro atoms. The van der Waals surface area contributed by atoms with Gasteiger partial charge in [-0.2, -0.15) is 4.31 Å². The molecule has 1 amide bonds. The minimum atomic E-state index is -3.68. The number of amides is 1. The lowest BCUT2D eigenvalue weighted by Crippen LogP contribution is -2.38. The minimum Gasteiger partial charge on any atom is -0.424 e. The average Bonchev–Trinajstić information content (AvgIpc) is 3.42. The largest absolute Gasteiger partial charge is 0.424 e. The molecule has 4 rings (SSSR count). The standard InChI is InChI=1S/C20H25FN4O4S/c1-14-12-16(4-5-17(14)21)30(27,28)25-10-6-15(7-11-25)20-23-22-18(29-20)13-19(26)24-8-2-3-9-24/h4-5,12,15H,2-3,6-11,13H2,1H3. The summed E-state index contributed by atoms with van der Waals surface area (Å²) >= 11 is 0. The highest BCUT2D eigenvalue weighted by molar-refractivity contribution is 7.89. The zero-order valence-corrected chi connectivity index (χ0v) is 17.7. The first-order chi connectivity index (χ1) is 14.3. The molecule has 0 saturated carbocycles. The average molecular weight is 437 g/mol. The summed E-state index contributed by atoms with van der Waals surface area (Å²) in [6.45, 7) is 3.73. The van der Waals surface area contributed by atoms with Crippen LogP contribution >= 0.6 is 0 Å². The Hall–Kier alpha value is -2.33. The van der Waals surface area contributed by atoms with Gasteiger partial charge in [0.05, 0.1) is 4.90 Å². The molecule has 0 unspecified atom stereocenters. The normalized spacial score (nSPS) is 18.8. The number of hydrogen-bond donors (Lipinski definition) is 0. The van der Waals surface area contributed by atoms with E-state index in [0.29, 0.717) is 43.3 Å². The maximum atomic E-state index is 13.5. The van der Waals surface area contributed by atoms with Crippen molar-refractivity contribution in [3.63, 3.8) is 0 Å². The predicted octanol–water partition coefficient (Wildman–Crippen LogP) is 2.25. The summed E-state index contributed by atoms with van der Waals surface area (Å²) in [5.41, 5.74) is 0.299. The Labute approximate surface area is 175 Å². The van der Waals surface area contributed by atoms with Crippen LogP contribution in [-0.4, -0.2) is 59.9 Å². The van der Waals surface area contributed by atoms with Gasteiger partial charge in [-0.25, -0.2) is 12.8 Å². The van der Waals surface area contributed by atoms with Crippen molar-refractivity contribution in [1.82, 2.24) is 19.4 Å². The summed E-state index contributed by atoms with van der Waals surface area (Å²) in [6, 6.07) is 3.84. The van der Waals surface area contributed by atoms with Crippen LogP contribution in [0.2, 0.25) is 0 Å². The van der Waals surface area contributed by atoms with Crippen molar-refractivity contribution in [1.29, 1.82) is 0 Å². The van der Waals surface area contributed by atoms with Gasteiger partial charge in [-0.3, -0.25) is 4.79 Å². The van der Waals surface area contributed by atoms with Gasteiger partial charge >= 0.3 is 0 Å². The van der Waals surface area contributed by atoms with Crippen LogP contribution in [0.25, 0.3) is 0 Å². The SMILES string of the molecule is Cc1cc(S(=O)(=O)N2CCC(c3nnc(CC(=O)N4CCCC4)o3)CC2)ccc1F. The zero-order chi connectivity index (χ0) is 21.3. The number of halogens is 1. The number of sulfonamides is 1. The highest BCUT2D eigenvalue weighted by Crippen LogP contribution is 2.30. The van der Waals surface area contributed by atoms with Crippen LogP contribution in [0.15, 0.2) is 27.5 Å². The van der Waals surface area contributed by atoms with Gasteiger partial charge in [0.25, 0.3) is 0 Å². The summed E-state index contributed by atoms with van der Waals surface area (Å²) < 4.78 is 46.3. The van der Waals surface area contributed by atoms with E-state index >= 15 is 0 Å². The predicted molar refractivity (Wildman–Crippen MR) is 106 cm³/mol. The van der Waals surface area contributed by atoms with Crippen molar-refractivity contribution in [3.05, 3.63) is 41.4 Å². The van der Waals surface area contributed by atoms with Crippen molar-refractivity contribution in [3.8, 4) is 0 Å². The van der Waals surface area contributed by atoms with Crippen LogP contribution in [0, 0.1) is 12.7 Å². The van der Waals surface area contributed by atoms with Gasteiger partial charge in [-0.1, -0.05) is 0 Å². The molecule has 2 aliphatic heterocycles. The maximum Gasteiger partial charge on any atom is 0.243 e. The van der Waals surface area contributed by atoms with E-state index < -0.39 is 15.8 Å². The quantitative estimate of drug-likeness (QED) is 0.713. The number of rotatable bonds is 5. The summed E-state index contributed by atoms with van der Waals surface area (Å²) in [6.07, 6.45) is 3.24. The second kappa shape index (κ2) is 8.43. The summed E-state index contributed by atoms with van der Waals surface area (Å²) in [7, 11) is -3.68. The van der Waals surface area contributed by atoms with E-state index in [9.17, 15) is 17.6 Å². The molecule has 2 fully saturated rings. The first kappa shape index (κ1) is 20.9. The van der Waals surface area contributed by atoms with E-state index in [2.05, 4.69) is 10.2 Å². The second-order valence-electron chi connectivity index (χ2n) is 7.89. The molecule has 0 bridgehead atoms. The molecule has 10 heteroatoms. The fourth-order valence-electron chi connectivity index (χ4n) is 3.98. The van der Waals surface area contributed by atoms with Crippen LogP contribution in [0.3, 0.4) is 0 Å². The molecule has 8 nitrogen and oxygen atoms in total. The molecule has 0 N–H and O–H groups in total. The molecule has 2 saturated heterocycles. The van der Waals surface area contributed by atoms with E-state index in [1.807, 2.05) is 4.90 Å². The molecule has 2 aromatic rings. The van der Waals surface area contributed by atoms with Crippen molar-refractivity contribution >= 4 is 15.9 Å². The number of likely N-dealkylation sites (tertiary alicyclic amines) is 1. The zero-order valence-electron chi connectivity index (χ0n) is 16.9. The molecule has 162 valence electrons. The number of carbonyl (C=O) groups is 1. The van der Waals surface area contributed by atoms with Crippen LogP contribution in [0.5, 0.6) is 0 Å². The molecule has 0 atom stereocenters. The van der Waals surface area contributed by atoms with Crippen LogP contribution in [0.4, 0.5) is 4.39 Å². The molecule has 30 heavy (non-hydrogen) atoms. The van der Waals surface area contributed by atoms with Gasteiger partial charge in [0.2, 0.25) is 27.7 Å². The van der Waals surface area contributed by atoms with E-state index in [1.165, 1.54) is 22.5 Å². The van der Waals surface area contributed by atoms with Crippen molar-refractivity contribution in [2.75, 3.05) is 26.2 Å². The Balaban J connectivity index is 1.37. The van der Waals surface area contributed by atoms with E-state index in [0.717, 1.165) is 25.9 Å². The summed E-state index contributed by atoms with van der Waals surface area (Å²) in [5.74, 6) is 0.281. The smallest absolute Gasteiger partial charge is 0.243 e. The van der Waals surface area contributed by atoms with Gasteiger partial charge in [-0.15, -0.1) is 10.2 Å². The number of benzene rings is 1. The number of nitrogens with zero attached hydrogens (tertiary/aromatic N) is 4. The van der Waals surface area contributed by atoms with E-state index in [1.54, 1.807) is 6.92 Å². The second-order valence-corrected chi connectivity index (χ2v) is 9.83. The Kier molecular flexibility index (Phi) is 5.88. The first-order valence-electron chi connectivity index (χ1n) is 10.2. The monoisotopic (exact) mass is 436 g/mol. The van der Waals surface area contributed by atoms with Crippen molar-refractivity contribution in [2.24, 2.45) is 0 Å². The van der Waals surface area contributed by atoms with E-state index in [4.69, 9.17) is 4.42 Å². The number of aryl methyl sites for hydroxylation is 1. The van der Waals surface area contributed by atoms with Crippen LogP contribution < -0.4 is 0 Å². The Morgan fingerprint density at radius 1 is 1.17 bits per heavy atom. The lowest BCUT2D eigenvalue weighted by Gasteiger charge is -2.29. The maximum absolute atomic E-state index is 13.5. The third-order valence-electron chi connectivity index (χ3n) is 5.81. The highest BCUT2D eigenvalue weighted by atomic mass is 32.2. The summed E-state index contributed by atoms with van der Waals surface area (Å²) in [5, 5.41) is 8.09. The van der Waals surface area contributed by atoms with E-state index in [-0.39, 0.29) is 23.1 Å². The van der Waals surface area contributed by atoms with Gasteiger partial charge < -0.3 is 9.32 Å². The lowest BCUT2D eigenvalue weighted by atomic mass is 9.98. The first-order valence-corrected chi connectivity index (χ1v) is 11.6. The van der Waals surface area contributed by atoms with Gasteiger partial charge in [0.1, 0.15) is 12.2 Å². The topological polar surface area (TPSA) is 96.6 Å². The van der Waals surface area contributed by atoms with Crippen molar-refractivity contribution < 1.29 is 22.0 Å². The third-order valence-corrected chi connectivity index (χ3v) is 7.71. The molecule has 1 aromatic carbocycles. The molecule has 2 aliphatic rings. The number of aromatic nitrogens is 2. The molecule has 3 heterocycles. The number of piperidine rings is 1. The van der Waals surface area contributed by atoms with Crippen LogP contribution in [0.1, 0.15) is 48.9 Å². The van der Waals surface area contributed by atoms with Crippen molar-refractivity contribution in [2.45, 2.75) is 49.8 Å². The Bertz CT molecular complexity index is 1030. The lowest BCUT2D eigenvalue weighted by molar-refractivity contribution is -0.129. The Morgan fingerprint density at radius 2 is 1.87 bits per heavy atom. The van der Waals surface area contributed by atoms with Gasteiger partial charge in [0.15, 0.2) is 0 Å². The third kappa shape index (κ3) is 4.24. The number of carbonyl (C=O) groups excluding carboxylic acids is 1. The van der Waals surface area contributed by atoms with Crippen LogP contribution in [-0.2, 0) is 21.2 Å². The summed E-state index contributed by atoms with van der Waals surface area (Å²) in [4.78, 5) is 14.1.